The molecule has 0 atom stereocenters. The van der Waals surface area contributed by atoms with Gasteiger partial charge in [-0.1, -0.05) is 12.1 Å². The van der Waals surface area contributed by atoms with Crippen molar-refractivity contribution in [2.45, 2.75) is 18.0 Å². The number of hydrogen-bond donors (Lipinski definition) is 1. The number of nitrogens with zero attached hydrogens (tertiary/aromatic N) is 3. The van der Waals surface area contributed by atoms with E-state index in [1.165, 1.54) is 5.03 Å². The van der Waals surface area contributed by atoms with Gasteiger partial charge < -0.3 is 5.11 Å². The number of fused-ring (bicyclic) bond motifs is 1. The summed E-state index contributed by atoms with van der Waals surface area (Å²) in [5, 5.41) is 15.8. The van der Waals surface area contributed by atoms with Gasteiger partial charge in [0.2, 0.25) is 0 Å². The molecular weight excluding hydrogens is 294 g/mol. The largest absolute Gasteiger partial charge is 0.508 e. The highest BCUT2D eigenvalue weighted by Crippen LogP contribution is 2.41. The monoisotopic (exact) mass is 309 g/mol. The zero-order valence-corrected chi connectivity index (χ0v) is 12.8. The average Bonchev–Trinajstić information content (AvgIpc) is 2.95. The van der Waals surface area contributed by atoms with Gasteiger partial charge in [-0.05, 0) is 36.2 Å². The minimum absolute atomic E-state index is 0.261. The van der Waals surface area contributed by atoms with Crippen LogP contribution in [0.3, 0.4) is 0 Å². The van der Waals surface area contributed by atoms with Crippen LogP contribution in [0.1, 0.15) is 6.42 Å². The van der Waals surface area contributed by atoms with Crippen molar-refractivity contribution in [3.8, 4) is 28.1 Å². The summed E-state index contributed by atoms with van der Waals surface area (Å²) < 4.78 is 2.09. The number of aromatic nitrogens is 3. The Hall–Kier alpha value is -2.27. The molecule has 1 N–H and O–H groups in total. The Labute approximate surface area is 132 Å². The van der Waals surface area contributed by atoms with Crippen molar-refractivity contribution in [2.24, 2.45) is 0 Å². The summed E-state index contributed by atoms with van der Waals surface area (Å²) in [7, 11) is 0. The normalized spacial score (nSPS) is 13.8. The van der Waals surface area contributed by atoms with E-state index in [9.17, 15) is 5.11 Å². The Balaban J connectivity index is 1.96. The number of thioether (sulfide) groups is 1. The van der Waals surface area contributed by atoms with Crippen LogP contribution in [0.25, 0.3) is 22.4 Å². The van der Waals surface area contributed by atoms with Crippen LogP contribution in [0.2, 0.25) is 0 Å². The van der Waals surface area contributed by atoms with Crippen LogP contribution >= 0.6 is 11.8 Å². The first-order valence-electron chi connectivity index (χ1n) is 7.26. The Morgan fingerprint density at radius 2 is 1.95 bits per heavy atom. The van der Waals surface area contributed by atoms with E-state index in [0.29, 0.717) is 0 Å². The predicted molar refractivity (Wildman–Crippen MR) is 87.9 cm³/mol. The Kier molecular flexibility index (Phi) is 3.35. The molecule has 1 aliphatic rings. The summed E-state index contributed by atoms with van der Waals surface area (Å²) in [6.07, 6.45) is 4.74. The first-order chi connectivity index (χ1) is 10.8. The minimum Gasteiger partial charge on any atom is -0.508 e. The maximum absolute atomic E-state index is 9.79. The van der Waals surface area contributed by atoms with E-state index in [-0.39, 0.29) is 5.75 Å². The van der Waals surface area contributed by atoms with Crippen molar-refractivity contribution in [3.05, 3.63) is 48.8 Å². The number of aryl methyl sites for hydroxylation is 1. The molecular formula is C17H15N3OS. The summed E-state index contributed by atoms with van der Waals surface area (Å²) in [6.45, 7) is 0.944. The summed E-state index contributed by atoms with van der Waals surface area (Å²) in [4.78, 5) is 4.11. The molecule has 4 rings (SSSR count). The second kappa shape index (κ2) is 5.50. The van der Waals surface area contributed by atoms with Gasteiger partial charge in [-0.2, -0.15) is 5.10 Å². The molecule has 0 unspecified atom stereocenters. The number of phenols is 1. The molecule has 2 aromatic heterocycles. The van der Waals surface area contributed by atoms with Gasteiger partial charge in [0.05, 0.1) is 0 Å². The standard InChI is InChI=1S/C17H15N3OS/c21-14-4-1-3-13(11-14)16-15(12-5-7-18-8-6-12)17-20(19-16)9-2-10-22-17/h1,3-8,11,21H,2,9-10H2. The minimum atomic E-state index is 0.261. The number of benzene rings is 1. The van der Waals surface area contributed by atoms with Gasteiger partial charge in [-0.15, -0.1) is 11.8 Å². The number of rotatable bonds is 2. The highest BCUT2D eigenvalue weighted by molar-refractivity contribution is 7.99. The fourth-order valence-corrected chi connectivity index (χ4v) is 3.87. The van der Waals surface area contributed by atoms with Crippen LogP contribution in [0, 0.1) is 0 Å². The quantitative estimate of drug-likeness (QED) is 0.782. The molecule has 3 heterocycles. The number of aromatic hydroxyl groups is 1. The number of hydrogen-bond acceptors (Lipinski definition) is 4. The van der Waals surface area contributed by atoms with Gasteiger partial charge in [-0.25, -0.2) is 0 Å². The predicted octanol–water partition coefficient (Wildman–Crippen LogP) is 3.81. The average molecular weight is 309 g/mol. The Bertz CT molecular complexity index is 814. The van der Waals surface area contributed by atoms with E-state index in [1.54, 1.807) is 24.5 Å². The molecule has 0 radical (unpaired) electrons. The fraction of sp³-hybridized carbons (Fsp3) is 0.176. The van der Waals surface area contributed by atoms with E-state index in [1.807, 2.05) is 36.0 Å². The van der Waals surface area contributed by atoms with Crippen molar-refractivity contribution in [3.63, 3.8) is 0 Å². The number of phenolic OH excluding ortho intramolecular Hbond substituents is 1. The molecule has 0 bridgehead atoms. The van der Waals surface area contributed by atoms with E-state index < -0.39 is 0 Å². The molecule has 1 aromatic carbocycles. The molecule has 0 fully saturated rings. The highest BCUT2D eigenvalue weighted by Gasteiger charge is 2.23. The first kappa shape index (κ1) is 13.4. The lowest BCUT2D eigenvalue weighted by atomic mass is 10.0. The molecule has 3 aromatic rings. The van der Waals surface area contributed by atoms with Gasteiger partial charge in [0.25, 0.3) is 0 Å². The molecule has 0 spiro atoms. The third-order valence-electron chi connectivity index (χ3n) is 3.75. The Morgan fingerprint density at radius 3 is 2.77 bits per heavy atom. The van der Waals surface area contributed by atoms with Crippen LogP contribution in [0.4, 0.5) is 0 Å². The zero-order chi connectivity index (χ0) is 14.9. The molecule has 0 amide bonds. The van der Waals surface area contributed by atoms with Gasteiger partial charge >= 0.3 is 0 Å². The van der Waals surface area contributed by atoms with E-state index in [2.05, 4.69) is 9.67 Å². The van der Waals surface area contributed by atoms with Crippen molar-refractivity contribution in [1.29, 1.82) is 0 Å². The fourth-order valence-electron chi connectivity index (χ4n) is 2.76. The molecule has 110 valence electrons. The molecule has 0 saturated heterocycles. The molecule has 0 saturated carbocycles. The molecule has 5 heteroatoms. The van der Waals surface area contributed by atoms with Gasteiger partial charge in [-0.3, -0.25) is 9.67 Å². The summed E-state index contributed by atoms with van der Waals surface area (Å²) in [6, 6.07) is 11.3. The maximum Gasteiger partial charge on any atom is 0.116 e. The Morgan fingerprint density at radius 1 is 1.09 bits per heavy atom. The van der Waals surface area contributed by atoms with E-state index in [0.717, 1.165) is 41.1 Å². The second-order valence-corrected chi connectivity index (χ2v) is 6.32. The van der Waals surface area contributed by atoms with E-state index in [4.69, 9.17) is 5.10 Å². The first-order valence-corrected chi connectivity index (χ1v) is 8.25. The third kappa shape index (κ3) is 2.27. The number of pyridine rings is 1. The molecule has 1 aliphatic heterocycles. The topological polar surface area (TPSA) is 50.9 Å². The highest BCUT2D eigenvalue weighted by atomic mass is 32.2. The van der Waals surface area contributed by atoms with Crippen LogP contribution in [-0.2, 0) is 6.54 Å². The van der Waals surface area contributed by atoms with Crippen molar-refractivity contribution in [2.75, 3.05) is 5.75 Å². The maximum atomic E-state index is 9.79. The zero-order valence-electron chi connectivity index (χ0n) is 11.9. The SMILES string of the molecule is Oc1cccc(-c2nn3c(c2-c2ccncc2)SCCC3)c1. The third-order valence-corrected chi connectivity index (χ3v) is 4.93. The van der Waals surface area contributed by atoms with Crippen LogP contribution < -0.4 is 0 Å². The van der Waals surface area contributed by atoms with Crippen LogP contribution in [0.15, 0.2) is 53.8 Å². The van der Waals surface area contributed by atoms with Gasteiger partial charge in [0.15, 0.2) is 0 Å². The van der Waals surface area contributed by atoms with Crippen molar-refractivity contribution < 1.29 is 5.11 Å². The van der Waals surface area contributed by atoms with E-state index >= 15 is 0 Å². The second-order valence-electron chi connectivity index (χ2n) is 5.24. The molecule has 0 aliphatic carbocycles. The summed E-state index contributed by atoms with van der Waals surface area (Å²) in [5.74, 6) is 1.38. The van der Waals surface area contributed by atoms with Crippen molar-refractivity contribution >= 4 is 11.8 Å². The van der Waals surface area contributed by atoms with Gasteiger partial charge in [0.1, 0.15) is 16.5 Å². The lowest BCUT2D eigenvalue weighted by Crippen LogP contribution is -2.08. The van der Waals surface area contributed by atoms with Gasteiger partial charge in [0, 0.05) is 35.8 Å². The summed E-state index contributed by atoms with van der Waals surface area (Å²) >= 11 is 1.85. The summed E-state index contributed by atoms with van der Waals surface area (Å²) in [5.41, 5.74) is 4.11. The molecule has 4 nitrogen and oxygen atoms in total. The lowest BCUT2D eigenvalue weighted by Gasteiger charge is -2.14. The lowest BCUT2D eigenvalue weighted by molar-refractivity contribution is 0.475. The smallest absolute Gasteiger partial charge is 0.116 e. The van der Waals surface area contributed by atoms with Crippen LogP contribution in [-0.4, -0.2) is 25.6 Å². The van der Waals surface area contributed by atoms with Crippen LogP contribution in [0.5, 0.6) is 5.75 Å². The molecule has 22 heavy (non-hydrogen) atoms. The van der Waals surface area contributed by atoms with Crippen molar-refractivity contribution in [1.82, 2.24) is 14.8 Å².